The lowest BCUT2D eigenvalue weighted by Crippen LogP contribution is -2.23. The Morgan fingerprint density at radius 1 is 1.22 bits per heavy atom. The molecule has 0 fully saturated rings. The molecule has 0 saturated heterocycles. The van der Waals surface area contributed by atoms with Gasteiger partial charge in [0.25, 0.3) is 0 Å². The molecule has 0 bridgehead atoms. The Kier molecular flexibility index (Phi) is 4.29. The van der Waals surface area contributed by atoms with Crippen LogP contribution < -0.4 is 11.1 Å². The molecule has 23 heavy (non-hydrogen) atoms. The van der Waals surface area contributed by atoms with Gasteiger partial charge in [-0.15, -0.1) is 0 Å². The summed E-state index contributed by atoms with van der Waals surface area (Å²) >= 11 is 0. The second-order valence-corrected chi connectivity index (χ2v) is 5.21. The standard InChI is InChI=1S/C16H17FN6/c1-23-10-12(8-21-23)16(11-2-4-13(17)5-3-11)20-9-15-19-7-6-14(18)22-15/h2-8,10,16,20H,9H2,1H3,(H2,18,19,22). The van der Waals surface area contributed by atoms with Crippen LogP contribution in [0.15, 0.2) is 48.9 Å². The van der Waals surface area contributed by atoms with Gasteiger partial charge in [0.1, 0.15) is 17.5 Å². The van der Waals surface area contributed by atoms with Crippen molar-refractivity contribution in [1.29, 1.82) is 0 Å². The van der Waals surface area contributed by atoms with Crippen LogP contribution in [0, 0.1) is 5.82 Å². The van der Waals surface area contributed by atoms with E-state index in [1.165, 1.54) is 12.1 Å². The minimum Gasteiger partial charge on any atom is -0.384 e. The fourth-order valence-electron chi connectivity index (χ4n) is 2.37. The summed E-state index contributed by atoms with van der Waals surface area (Å²) in [5.41, 5.74) is 7.58. The van der Waals surface area contributed by atoms with E-state index in [1.54, 1.807) is 35.3 Å². The average molecular weight is 312 g/mol. The fourth-order valence-corrected chi connectivity index (χ4v) is 2.37. The smallest absolute Gasteiger partial charge is 0.144 e. The molecule has 3 rings (SSSR count). The van der Waals surface area contributed by atoms with Crippen molar-refractivity contribution in [2.45, 2.75) is 12.6 Å². The maximum atomic E-state index is 13.2. The monoisotopic (exact) mass is 312 g/mol. The summed E-state index contributed by atoms with van der Waals surface area (Å²) < 4.78 is 14.9. The van der Waals surface area contributed by atoms with E-state index >= 15 is 0 Å². The normalized spacial score (nSPS) is 12.3. The number of anilines is 1. The maximum Gasteiger partial charge on any atom is 0.144 e. The first-order valence-electron chi connectivity index (χ1n) is 7.16. The van der Waals surface area contributed by atoms with Crippen LogP contribution in [0.5, 0.6) is 0 Å². The molecule has 0 aliphatic carbocycles. The van der Waals surface area contributed by atoms with Crippen molar-refractivity contribution in [2.24, 2.45) is 7.05 Å². The molecule has 0 aliphatic rings. The van der Waals surface area contributed by atoms with Crippen molar-refractivity contribution < 1.29 is 4.39 Å². The molecule has 6 nitrogen and oxygen atoms in total. The van der Waals surface area contributed by atoms with Crippen molar-refractivity contribution in [3.8, 4) is 0 Å². The first-order chi connectivity index (χ1) is 11.1. The highest BCUT2D eigenvalue weighted by molar-refractivity contribution is 5.30. The Morgan fingerprint density at radius 3 is 2.65 bits per heavy atom. The molecule has 0 aliphatic heterocycles. The van der Waals surface area contributed by atoms with Gasteiger partial charge in [0.2, 0.25) is 0 Å². The van der Waals surface area contributed by atoms with Crippen LogP contribution in [0.2, 0.25) is 0 Å². The van der Waals surface area contributed by atoms with Crippen molar-refractivity contribution >= 4 is 5.82 Å². The lowest BCUT2D eigenvalue weighted by molar-refractivity contribution is 0.582. The largest absolute Gasteiger partial charge is 0.384 e. The van der Waals surface area contributed by atoms with Gasteiger partial charge in [-0.1, -0.05) is 12.1 Å². The zero-order chi connectivity index (χ0) is 16.2. The Hall–Kier alpha value is -2.80. The van der Waals surface area contributed by atoms with Gasteiger partial charge < -0.3 is 5.73 Å². The lowest BCUT2D eigenvalue weighted by Gasteiger charge is -2.17. The van der Waals surface area contributed by atoms with E-state index < -0.39 is 0 Å². The molecule has 0 amide bonds. The number of hydrogen-bond acceptors (Lipinski definition) is 5. The molecular weight excluding hydrogens is 295 g/mol. The molecule has 0 saturated carbocycles. The van der Waals surface area contributed by atoms with Crippen molar-refractivity contribution in [1.82, 2.24) is 25.1 Å². The Balaban J connectivity index is 1.84. The minimum atomic E-state index is -0.266. The first kappa shape index (κ1) is 15.1. The van der Waals surface area contributed by atoms with Gasteiger partial charge in [-0.25, -0.2) is 14.4 Å². The molecule has 118 valence electrons. The third kappa shape index (κ3) is 3.70. The van der Waals surface area contributed by atoms with Crippen LogP contribution in [0.3, 0.4) is 0 Å². The maximum absolute atomic E-state index is 13.2. The predicted molar refractivity (Wildman–Crippen MR) is 84.7 cm³/mol. The summed E-state index contributed by atoms with van der Waals surface area (Å²) in [5.74, 6) is 0.760. The van der Waals surface area contributed by atoms with Gasteiger partial charge in [0.15, 0.2) is 0 Å². The molecule has 7 heteroatoms. The molecule has 0 spiro atoms. The fraction of sp³-hybridized carbons (Fsp3) is 0.188. The van der Waals surface area contributed by atoms with E-state index in [2.05, 4.69) is 20.4 Å². The van der Waals surface area contributed by atoms with Gasteiger partial charge in [-0.05, 0) is 23.8 Å². The predicted octanol–water partition coefficient (Wildman–Crippen LogP) is 1.81. The first-order valence-corrected chi connectivity index (χ1v) is 7.16. The summed E-state index contributed by atoms with van der Waals surface area (Å²) in [6.07, 6.45) is 5.32. The summed E-state index contributed by atoms with van der Waals surface area (Å²) in [5, 5.41) is 7.57. The minimum absolute atomic E-state index is 0.144. The number of halogens is 1. The van der Waals surface area contributed by atoms with E-state index in [1.807, 2.05) is 13.2 Å². The molecule has 2 aromatic heterocycles. The molecule has 3 aromatic rings. The molecular formula is C16H17FN6. The van der Waals surface area contributed by atoms with Gasteiger partial charge in [0.05, 0.1) is 18.8 Å². The van der Waals surface area contributed by atoms with Crippen molar-refractivity contribution in [3.63, 3.8) is 0 Å². The van der Waals surface area contributed by atoms with Crippen LogP contribution in [0.1, 0.15) is 23.0 Å². The number of aryl methyl sites for hydroxylation is 1. The van der Waals surface area contributed by atoms with Gasteiger partial charge in [0, 0.05) is 25.0 Å². The SMILES string of the molecule is Cn1cc(C(NCc2nccc(N)n2)c2ccc(F)cc2)cn1. The van der Waals surface area contributed by atoms with Crippen molar-refractivity contribution in [2.75, 3.05) is 5.73 Å². The quantitative estimate of drug-likeness (QED) is 0.751. The number of nitrogens with one attached hydrogen (secondary N) is 1. The summed E-state index contributed by atoms with van der Waals surface area (Å²) in [6, 6.07) is 7.88. The van der Waals surface area contributed by atoms with Crippen LogP contribution in [-0.4, -0.2) is 19.7 Å². The number of benzene rings is 1. The van der Waals surface area contributed by atoms with E-state index in [0.717, 1.165) is 11.1 Å². The molecule has 1 atom stereocenters. The summed E-state index contributed by atoms with van der Waals surface area (Å²) in [7, 11) is 1.85. The van der Waals surface area contributed by atoms with Crippen LogP contribution in [-0.2, 0) is 13.6 Å². The third-order valence-corrected chi connectivity index (χ3v) is 3.45. The van der Waals surface area contributed by atoms with Crippen LogP contribution in [0.25, 0.3) is 0 Å². The number of nitrogens with two attached hydrogens (primary N) is 1. The third-order valence-electron chi connectivity index (χ3n) is 3.45. The van der Waals surface area contributed by atoms with E-state index in [-0.39, 0.29) is 11.9 Å². The van der Waals surface area contributed by atoms with E-state index in [9.17, 15) is 4.39 Å². The van der Waals surface area contributed by atoms with E-state index in [4.69, 9.17) is 5.73 Å². The molecule has 0 radical (unpaired) electrons. The highest BCUT2D eigenvalue weighted by Gasteiger charge is 2.16. The lowest BCUT2D eigenvalue weighted by atomic mass is 10.0. The zero-order valence-corrected chi connectivity index (χ0v) is 12.6. The molecule has 1 aromatic carbocycles. The average Bonchev–Trinajstić information content (AvgIpc) is 2.96. The van der Waals surface area contributed by atoms with Gasteiger partial charge in [-0.2, -0.15) is 5.10 Å². The number of rotatable bonds is 5. The van der Waals surface area contributed by atoms with Crippen LogP contribution in [0.4, 0.5) is 10.2 Å². The Morgan fingerprint density at radius 2 is 2.00 bits per heavy atom. The van der Waals surface area contributed by atoms with Crippen molar-refractivity contribution in [3.05, 3.63) is 71.7 Å². The number of hydrogen-bond donors (Lipinski definition) is 2. The Bertz CT molecular complexity index is 783. The molecule has 1 unspecified atom stereocenters. The zero-order valence-electron chi connectivity index (χ0n) is 12.6. The number of nitrogens with zero attached hydrogens (tertiary/aromatic N) is 4. The summed E-state index contributed by atoms with van der Waals surface area (Å²) in [4.78, 5) is 8.36. The van der Waals surface area contributed by atoms with Crippen LogP contribution >= 0.6 is 0 Å². The molecule has 2 heterocycles. The highest BCUT2D eigenvalue weighted by atomic mass is 19.1. The topological polar surface area (TPSA) is 81.7 Å². The summed E-state index contributed by atoms with van der Waals surface area (Å²) in [6.45, 7) is 0.433. The number of nitrogen functional groups attached to an aromatic ring is 1. The van der Waals surface area contributed by atoms with Gasteiger partial charge in [-0.3, -0.25) is 10.00 Å². The van der Waals surface area contributed by atoms with E-state index in [0.29, 0.717) is 18.2 Å². The highest BCUT2D eigenvalue weighted by Crippen LogP contribution is 2.22. The Labute approximate surface area is 133 Å². The second kappa shape index (κ2) is 6.53. The molecule has 3 N–H and O–H groups in total. The van der Waals surface area contributed by atoms with Gasteiger partial charge >= 0.3 is 0 Å². The number of aromatic nitrogens is 4. The second-order valence-electron chi connectivity index (χ2n) is 5.21.